The summed E-state index contributed by atoms with van der Waals surface area (Å²) in [7, 11) is 0. The normalized spacial score (nSPS) is 11.3. The predicted molar refractivity (Wildman–Crippen MR) is 116 cm³/mol. The van der Waals surface area contributed by atoms with E-state index in [2.05, 4.69) is 15.7 Å². The number of hydrogen-bond acceptors (Lipinski definition) is 4. The van der Waals surface area contributed by atoms with Crippen LogP contribution in [-0.2, 0) is 19.3 Å². The lowest BCUT2D eigenvalue weighted by Gasteiger charge is -2.09. The molecule has 0 spiro atoms. The molecule has 2 heterocycles. The second-order valence-corrected chi connectivity index (χ2v) is 7.34. The van der Waals surface area contributed by atoms with Gasteiger partial charge in [-0.25, -0.2) is 4.68 Å². The number of nitrogens with zero attached hydrogens (tertiary/aromatic N) is 2. The van der Waals surface area contributed by atoms with E-state index in [1.165, 1.54) is 36.7 Å². The van der Waals surface area contributed by atoms with Crippen LogP contribution in [0.5, 0.6) is 0 Å². The van der Waals surface area contributed by atoms with Crippen molar-refractivity contribution in [2.45, 2.75) is 19.3 Å². The zero-order valence-corrected chi connectivity index (χ0v) is 17.7. The van der Waals surface area contributed by atoms with Gasteiger partial charge in [-0.15, -0.1) is 0 Å². The molecular formula is C24H19F3N4O3. The lowest BCUT2D eigenvalue weighted by Crippen LogP contribution is -2.24. The molecule has 0 saturated carbocycles. The minimum absolute atomic E-state index is 0.188. The highest BCUT2D eigenvalue weighted by Crippen LogP contribution is 2.27. The van der Waals surface area contributed by atoms with Crippen LogP contribution in [0, 0.1) is 0 Å². The van der Waals surface area contributed by atoms with Crippen LogP contribution in [0.15, 0.2) is 83.6 Å². The Balaban J connectivity index is 1.34. The largest absolute Gasteiger partial charge is 0.467 e. The van der Waals surface area contributed by atoms with Crippen molar-refractivity contribution in [1.82, 2.24) is 20.4 Å². The highest BCUT2D eigenvalue weighted by atomic mass is 19.4. The Hall–Kier alpha value is -4.34. The molecule has 34 heavy (non-hydrogen) atoms. The zero-order chi connectivity index (χ0) is 24.1. The molecule has 0 radical (unpaired) electrons. The predicted octanol–water partition coefficient (Wildman–Crippen LogP) is 4.34. The molecule has 0 atom stereocenters. The fraction of sp³-hybridized carbons (Fsp3) is 0.125. The molecule has 174 valence electrons. The first-order valence-electron chi connectivity index (χ1n) is 10.2. The number of nitrogens with one attached hydrogen (secondary N) is 2. The Bertz CT molecular complexity index is 1280. The third-order valence-corrected chi connectivity index (χ3v) is 4.92. The summed E-state index contributed by atoms with van der Waals surface area (Å²) in [6.45, 7) is 0.451. The topological polar surface area (TPSA) is 89.2 Å². The van der Waals surface area contributed by atoms with Crippen molar-refractivity contribution in [2.24, 2.45) is 0 Å². The Labute approximate surface area is 192 Å². The number of hydrogen-bond donors (Lipinski definition) is 2. The molecule has 2 N–H and O–H groups in total. The molecule has 0 aliphatic carbocycles. The highest BCUT2D eigenvalue weighted by Gasteiger charge is 2.33. The van der Waals surface area contributed by atoms with Crippen LogP contribution < -0.4 is 10.6 Å². The average molecular weight is 468 g/mol. The van der Waals surface area contributed by atoms with E-state index in [4.69, 9.17) is 4.42 Å². The van der Waals surface area contributed by atoms with Gasteiger partial charge in [0.15, 0.2) is 5.69 Å². The minimum atomic E-state index is -4.53. The minimum Gasteiger partial charge on any atom is -0.467 e. The first-order valence-corrected chi connectivity index (χ1v) is 10.2. The highest BCUT2D eigenvalue weighted by molar-refractivity contribution is 5.95. The van der Waals surface area contributed by atoms with Crippen LogP contribution in [-0.4, -0.2) is 21.6 Å². The van der Waals surface area contributed by atoms with E-state index in [1.54, 1.807) is 36.4 Å². The quantitative estimate of drug-likeness (QED) is 0.422. The van der Waals surface area contributed by atoms with Gasteiger partial charge >= 0.3 is 6.18 Å². The number of amides is 2. The van der Waals surface area contributed by atoms with Gasteiger partial charge in [-0.3, -0.25) is 9.59 Å². The number of rotatable bonds is 7. The van der Waals surface area contributed by atoms with Crippen molar-refractivity contribution in [2.75, 3.05) is 0 Å². The lowest BCUT2D eigenvalue weighted by molar-refractivity contribution is -0.141. The second kappa shape index (κ2) is 9.65. The van der Waals surface area contributed by atoms with Crippen molar-refractivity contribution in [1.29, 1.82) is 0 Å². The molecule has 4 aromatic rings. The molecule has 0 aliphatic rings. The van der Waals surface area contributed by atoms with Crippen molar-refractivity contribution < 1.29 is 27.2 Å². The van der Waals surface area contributed by atoms with Crippen molar-refractivity contribution in [3.8, 4) is 5.69 Å². The molecule has 4 rings (SSSR count). The van der Waals surface area contributed by atoms with Crippen LogP contribution in [0.2, 0.25) is 0 Å². The summed E-state index contributed by atoms with van der Waals surface area (Å²) in [4.78, 5) is 24.8. The van der Waals surface area contributed by atoms with Crippen molar-refractivity contribution in [3.63, 3.8) is 0 Å². The Kier molecular flexibility index (Phi) is 6.48. The first kappa shape index (κ1) is 22.8. The summed E-state index contributed by atoms with van der Waals surface area (Å²) in [6, 6.07) is 17.2. The Morgan fingerprint density at radius 2 is 1.62 bits per heavy atom. The fourth-order valence-electron chi connectivity index (χ4n) is 3.17. The van der Waals surface area contributed by atoms with Crippen LogP contribution in [0.25, 0.3) is 5.69 Å². The summed E-state index contributed by atoms with van der Waals surface area (Å²) in [5, 5.41) is 9.03. The smallest absolute Gasteiger partial charge is 0.435 e. The molecule has 0 bridgehead atoms. The van der Waals surface area contributed by atoms with Crippen molar-refractivity contribution >= 4 is 11.8 Å². The number of alkyl halides is 3. The number of carbonyl (C=O) groups excluding carboxylic acids is 2. The van der Waals surface area contributed by atoms with Crippen molar-refractivity contribution in [3.05, 3.63) is 107 Å². The summed E-state index contributed by atoms with van der Waals surface area (Å²) in [5.74, 6) is -0.000673. The first-order chi connectivity index (χ1) is 16.3. The van der Waals surface area contributed by atoms with E-state index < -0.39 is 11.9 Å². The third kappa shape index (κ3) is 5.52. The molecule has 2 amide bonds. The molecule has 2 aromatic heterocycles. The molecular weight excluding hydrogens is 449 g/mol. The van der Waals surface area contributed by atoms with E-state index >= 15 is 0 Å². The van der Waals surface area contributed by atoms with Gasteiger partial charge < -0.3 is 15.1 Å². The monoisotopic (exact) mass is 468 g/mol. The van der Waals surface area contributed by atoms with Crippen LogP contribution >= 0.6 is 0 Å². The molecule has 10 heteroatoms. The number of aromatic nitrogens is 2. The van der Waals surface area contributed by atoms with Gasteiger partial charge in [0.1, 0.15) is 5.76 Å². The Morgan fingerprint density at radius 3 is 2.29 bits per heavy atom. The second-order valence-electron chi connectivity index (χ2n) is 7.34. The number of furan rings is 1. The lowest BCUT2D eigenvalue weighted by atomic mass is 10.1. The van der Waals surface area contributed by atoms with E-state index in [1.807, 2.05) is 0 Å². The van der Waals surface area contributed by atoms with Gasteiger partial charge in [0.05, 0.1) is 18.5 Å². The summed E-state index contributed by atoms with van der Waals surface area (Å²) in [5.41, 5.74) is 0.901. The van der Waals surface area contributed by atoms with Crippen LogP contribution in [0.1, 0.15) is 37.7 Å². The van der Waals surface area contributed by atoms with E-state index in [9.17, 15) is 22.8 Å². The van der Waals surface area contributed by atoms with Gasteiger partial charge in [0.2, 0.25) is 0 Å². The number of halogens is 3. The summed E-state index contributed by atoms with van der Waals surface area (Å²) >= 11 is 0. The van der Waals surface area contributed by atoms with Crippen LogP contribution in [0.3, 0.4) is 0 Å². The zero-order valence-electron chi connectivity index (χ0n) is 17.7. The van der Waals surface area contributed by atoms with Gasteiger partial charge in [0, 0.05) is 23.9 Å². The average Bonchev–Trinajstić information content (AvgIpc) is 3.54. The van der Waals surface area contributed by atoms with Gasteiger partial charge in [-0.1, -0.05) is 12.1 Å². The molecule has 0 saturated heterocycles. The van der Waals surface area contributed by atoms with Gasteiger partial charge in [-0.2, -0.15) is 18.3 Å². The molecule has 0 aliphatic heterocycles. The molecule has 2 aromatic carbocycles. The molecule has 0 unspecified atom stereocenters. The van der Waals surface area contributed by atoms with E-state index in [0.29, 0.717) is 22.6 Å². The fourth-order valence-corrected chi connectivity index (χ4v) is 3.17. The van der Waals surface area contributed by atoms with E-state index in [-0.39, 0.29) is 24.9 Å². The maximum Gasteiger partial charge on any atom is 0.435 e. The SMILES string of the molecule is O=C(NCc1cccc(C(=O)NCc2ccco2)c1)c1ccc(-n2ccc(C(F)(F)F)n2)cc1. The summed E-state index contributed by atoms with van der Waals surface area (Å²) < 4.78 is 44.4. The standard InChI is InChI=1S/C24H19F3N4O3/c25-24(26,27)21-10-11-31(30-21)19-8-6-17(7-9-19)22(32)28-14-16-3-1-4-18(13-16)23(33)29-15-20-5-2-12-34-20/h1-13H,14-15H2,(H,28,32)(H,29,33). The van der Waals surface area contributed by atoms with Crippen LogP contribution in [0.4, 0.5) is 13.2 Å². The molecule has 7 nitrogen and oxygen atoms in total. The maximum atomic E-state index is 12.7. The van der Waals surface area contributed by atoms with Gasteiger partial charge in [0.25, 0.3) is 11.8 Å². The van der Waals surface area contributed by atoms with E-state index in [0.717, 1.165) is 16.3 Å². The maximum absolute atomic E-state index is 12.7. The summed E-state index contributed by atoms with van der Waals surface area (Å²) in [6.07, 6.45) is -1.79. The molecule has 0 fully saturated rings. The third-order valence-electron chi connectivity index (χ3n) is 4.92. The number of benzene rings is 2. The Morgan fingerprint density at radius 1 is 0.882 bits per heavy atom. The van der Waals surface area contributed by atoms with Gasteiger partial charge in [-0.05, 0) is 60.2 Å². The number of carbonyl (C=O) groups is 2.